The van der Waals surface area contributed by atoms with Crippen molar-refractivity contribution in [3.05, 3.63) is 18.2 Å². The van der Waals surface area contributed by atoms with Gasteiger partial charge in [-0.1, -0.05) is 0 Å². The van der Waals surface area contributed by atoms with Gasteiger partial charge in [0.05, 0.1) is 26.5 Å². The number of urea groups is 1. The van der Waals surface area contributed by atoms with E-state index in [1.54, 1.807) is 18.2 Å². The molecule has 0 saturated heterocycles. The van der Waals surface area contributed by atoms with E-state index in [-0.39, 0.29) is 13.2 Å². The number of hydrogen-bond acceptors (Lipinski definition) is 4. The summed E-state index contributed by atoms with van der Waals surface area (Å²) < 4.78 is 10.2. The molecule has 0 aliphatic carbocycles. The fourth-order valence-electron chi connectivity index (χ4n) is 1.25. The Morgan fingerprint density at radius 1 is 1.35 bits per heavy atom. The molecule has 0 aliphatic rings. The smallest absolute Gasteiger partial charge is 0.319 e. The van der Waals surface area contributed by atoms with Crippen LogP contribution in [0, 0.1) is 0 Å². The van der Waals surface area contributed by atoms with Crippen LogP contribution in [0.15, 0.2) is 18.2 Å². The average Bonchev–Trinajstić information content (AvgIpc) is 2.36. The standard InChI is InChI=1S/C11H16N2O4/c1-16-8-3-4-10(17-2)9(7-8)13-11(15)12-5-6-14/h3-4,7,14H,5-6H2,1-2H3,(H2,12,13,15). The fourth-order valence-corrected chi connectivity index (χ4v) is 1.25. The van der Waals surface area contributed by atoms with Crippen molar-refractivity contribution < 1.29 is 19.4 Å². The molecule has 0 fully saturated rings. The number of rotatable bonds is 5. The highest BCUT2D eigenvalue weighted by Gasteiger charge is 2.08. The SMILES string of the molecule is COc1ccc(OC)c(NC(=O)NCCO)c1. The molecule has 17 heavy (non-hydrogen) atoms. The Morgan fingerprint density at radius 2 is 2.12 bits per heavy atom. The fraction of sp³-hybridized carbons (Fsp3) is 0.364. The lowest BCUT2D eigenvalue weighted by Crippen LogP contribution is -2.31. The Bertz CT molecular complexity index is 382. The van der Waals surface area contributed by atoms with Crippen molar-refractivity contribution in [1.82, 2.24) is 5.32 Å². The number of nitrogens with one attached hydrogen (secondary N) is 2. The highest BCUT2D eigenvalue weighted by atomic mass is 16.5. The van der Waals surface area contributed by atoms with E-state index in [9.17, 15) is 4.79 Å². The van der Waals surface area contributed by atoms with Crippen LogP contribution in [0.2, 0.25) is 0 Å². The Balaban J connectivity index is 2.76. The number of amides is 2. The number of benzene rings is 1. The molecule has 6 nitrogen and oxygen atoms in total. The number of methoxy groups -OCH3 is 2. The van der Waals surface area contributed by atoms with Gasteiger partial charge in [0, 0.05) is 12.6 Å². The van der Waals surface area contributed by atoms with Gasteiger partial charge >= 0.3 is 6.03 Å². The summed E-state index contributed by atoms with van der Waals surface area (Å²) >= 11 is 0. The maximum atomic E-state index is 11.4. The summed E-state index contributed by atoms with van der Waals surface area (Å²) in [5, 5.41) is 13.7. The number of ether oxygens (including phenoxy) is 2. The molecule has 0 spiro atoms. The third kappa shape index (κ3) is 3.84. The lowest BCUT2D eigenvalue weighted by molar-refractivity contribution is 0.244. The van der Waals surface area contributed by atoms with E-state index in [0.29, 0.717) is 17.2 Å². The monoisotopic (exact) mass is 240 g/mol. The van der Waals surface area contributed by atoms with Crippen LogP contribution in [0.5, 0.6) is 11.5 Å². The minimum atomic E-state index is -0.411. The number of aliphatic hydroxyl groups is 1. The van der Waals surface area contributed by atoms with E-state index in [0.717, 1.165) is 0 Å². The minimum Gasteiger partial charge on any atom is -0.497 e. The minimum absolute atomic E-state index is 0.108. The number of aliphatic hydroxyl groups excluding tert-OH is 1. The first kappa shape index (κ1) is 13.1. The number of hydrogen-bond donors (Lipinski definition) is 3. The van der Waals surface area contributed by atoms with Crippen molar-refractivity contribution in [3.63, 3.8) is 0 Å². The third-order valence-electron chi connectivity index (χ3n) is 2.05. The Hall–Kier alpha value is -1.95. The molecule has 94 valence electrons. The molecule has 3 N–H and O–H groups in total. The van der Waals surface area contributed by atoms with Crippen LogP contribution >= 0.6 is 0 Å². The van der Waals surface area contributed by atoms with Gasteiger partial charge in [0.25, 0.3) is 0 Å². The molecule has 2 amide bonds. The normalized spacial score (nSPS) is 9.59. The topological polar surface area (TPSA) is 79.8 Å². The van der Waals surface area contributed by atoms with Crippen LogP contribution in [0.3, 0.4) is 0 Å². The van der Waals surface area contributed by atoms with Gasteiger partial charge < -0.3 is 25.2 Å². The Labute approximate surface area is 99.5 Å². The van der Waals surface area contributed by atoms with Crippen LogP contribution in [0.4, 0.5) is 10.5 Å². The zero-order chi connectivity index (χ0) is 12.7. The van der Waals surface area contributed by atoms with E-state index < -0.39 is 6.03 Å². The zero-order valence-electron chi connectivity index (χ0n) is 9.82. The van der Waals surface area contributed by atoms with Gasteiger partial charge in [0.15, 0.2) is 0 Å². The van der Waals surface area contributed by atoms with Crippen molar-refractivity contribution in [2.75, 3.05) is 32.7 Å². The van der Waals surface area contributed by atoms with E-state index in [1.807, 2.05) is 0 Å². The number of carbonyl (C=O) groups is 1. The maximum Gasteiger partial charge on any atom is 0.319 e. The molecule has 1 aromatic carbocycles. The summed E-state index contributed by atoms with van der Waals surface area (Å²) in [7, 11) is 3.05. The molecule has 0 saturated carbocycles. The van der Waals surface area contributed by atoms with E-state index in [4.69, 9.17) is 14.6 Å². The Morgan fingerprint density at radius 3 is 2.71 bits per heavy atom. The molecule has 0 radical (unpaired) electrons. The first-order chi connectivity index (χ1) is 8.21. The first-order valence-corrected chi connectivity index (χ1v) is 5.09. The second kappa shape index (κ2) is 6.59. The molecule has 1 rings (SSSR count). The quantitative estimate of drug-likeness (QED) is 0.711. The van der Waals surface area contributed by atoms with E-state index >= 15 is 0 Å². The molecular formula is C11H16N2O4. The molecule has 0 bridgehead atoms. The summed E-state index contributed by atoms with van der Waals surface area (Å²) in [5.41, 5.74) is 0.502. The van der Waals surface area contributed by atoms with E-state index in [2.05, 4.69) is 10.6 Å². The molecule has 0 aliphatic heterocycles. The van der Waals surface area contributed by atoms with Gasteiger partial charge in [-0.3, -0.25) is 0 Å². The van der Waals surface area contributed by atoms with Crippen molar-refractivity contribution in [3.8, 4) is 11.5 Å². The van der Waals surface area contributed by atoms with Crippen molar-refractivity contribution in [2.24, 2.45) is 0 Å². The van der Waals surface area contributed by atoms with Crippen molar-refractivity contribution in [1.29, 1.82) is 0 Å². The predicted molar refractivity (Wildman–Crippen MR) is 63.7 cm³/mol. The second-order valence-corrected chi connectivity index (χ2v) is 3.17. The van der Waals surface area contributed by atoms with Gasteiger partial charge in [-0.15, -0.1) is 0 Å². The van der Waals surface area contributed by atoms with Crippen LogP contribution < -0.4 is 20.1 Å². The van der Waals surface area contributed by atoms with Crippen LogP contribution in [-0.2, 0) is 0 Å². The van der Waals surface area contributed by atoms with Gasteiger partial charge in [-0.05, 0) is 12.1 Å². The molecule has 0 heterocycles. The Kier molecular flexibility index (Phi) is 5.09. The van der Waals surface area contributed by atoms with Gasteiger partial charge in [-0.25, -0.2) is 4.79 Å². The van der Waals surface area contributed by atoms with Crippen LogP contribution in [0.1, 0.15) is 0 Å². The molecule has 0 aromatic heterocycles. The van der Waals surface area contributed by atoms with Crippen LogP contribution in [0.25, 0.3) is 0 Å². The van der Waals surface area contributed by atoms with Gasteiger partial charge in [0.1, 0.15) is 11.5 Å². The predicted octanol–water partition coefficient (Wildman–Crippen LogP) is 0.818. The number of carbonyl (C=O) groups excluding carboxylic acids is 1. The summed E-state index contributed by atoms with van der Waals surface area (Å²) in [6.07, 6.45) is 0. The summed E-state index contributed by atoms with van der Waals surface area (Å²) in [6.45, 7) is 0.0841. The van der Waals surface area contributed by atoms with Crippen LogP contribution in [-0.4, -0.2) is 38.5 Å². The van der Waals surface area contributed by atoms with Gasteiger partial charge in [0.2, 0.25) is 0 Å². The van der Waals surface area contributed by atoms with Gasteiger partial charge in [-0.2, -0.15) is 0 Å². The summed E-state index contributed by atoms with van der Waals surface area (Å²) in [4.78, 5) is 11.4. The van der Waals surface area contributed by atoms with E-state index in [1.165, 1.54) is 14.2 Å². The molecule has 6 heteroatoms. The van der Waals surface area contributed by atoms with Crippen molar-refractivity contribution >= 4 is 11.7 Å². The highest BCUT2D eigenvalue weighted by molar-refractivity contribution is 5.91. The van der Waals surface area contributed by atoms with Crippen molar-refractivity contribution in [2.45, 2.75) is 0 Å². The lowest BCUT2D eigenvalue weighted by Gasteiger charge is -2.12. The average molecular weight is 240 g/mol. The lowest BCUT2D eigenvalue weighted by atomic mass is 10.2. The first-order valence-electron chi connectivity index (χ1n) is 5.09. The molecule has 1 aromatic rings. The highest BCUT2D eigenvalue weighted by Crippen LogP contribution is 2.28. The maximum absolute atomic E-state index is 11.4. The zero-order valence-corrected chi connectivity index (χ0v) is 9.82. The third-order valence-corrected chi connectivity index (χ3v) is 2.05. The molecular weight excluding hydrogens is 224 g/mol. The molecule has 0 unspecified atom stereocenters. The second-order valence-electron chi connectivity index (χ2n) is 3.17. The summed E-state index contributed by atoms with van der Waals surface area (Å²) in [5.74, 6) is 1.15. The largest absolute Gasteiger partial charge is 0.497 e. The summed E-state index contributed by atoms with van der Waals surface area (Å²) in [6, 6.07) is 4.67. The number of anilines is 1. The molecule has 0 atom stereocenters.